The van der Waals surface area contributed by atoms with Gasteiger partial charge in [-0.1, -0.05) is 0 Å². The molecule has 0 amide bonds. The highest BCUT2D eigenvalue weighted by Gasteiger charge is 2.56. The second-order valence-corrected chi connectivity index (χ2v) is 14.2. The van der Waals surface area contributed by atoms with E-state index in [-0.39, 0.29) is 0 Å². The Morgan fingerprint density at radius 3 is 0.963 bits per heavy atom. The minimum atomic E-state index is -0.894. The van der Waals surface area contributed by atoms with Crippen molar-refractivity contribution in [2.75, 3.05) is 0 Å². The molecule has 0 saturated heterocycles. The van der Waals surface area contributed by atoms with Gasteiger partial charge in [0, 0.05) is 44.1 Å². The number of aromatic nitrogens is 8. The summed E-state index contributed by atoms with van der Waals surface area (Å²) in [5.41, 5.74) is 15.7. The Balaban J connectivity index is 1.14. The lowest BCUT2D eigenvalue weighted by molar-refractivity contribution is -0.138. The molecule has 0 atom stereocenters. The monoisotopic (exact) mass is 698 g/mol. The highest BCUT2D eigenvalue weighted by molar-refractivity contribution is 6.53. The summed E-state index contributed by atoms with van der Waals surface area (Å²) >= 11 is 0. The van der Waals surface area contributed by atoms with Crippen LogP contribution in [0.2, 0.25) is 0 Å². The number of aromatic amines is 4. The third-order valence-electron chi connectivity index (χ3n) is 10.8. The van der Waals surface area contributed by atoms with E-state index in [1.807, 2.05) is 121 Å². The molecule has 10 heterocycles. The van der Waals surface area contributed by atoms with E-state index in [2.05, 4.69) is 19.9 Å². The number of ketones is 2. The Labute approximate surface area is 305 Å². The zero-order valence-electron chi connectivity index (χ0n) is 28.3. The summed E-state index contributed by atoms with van der Waals surface area (Å²) in [6.07, 6.45) is 7.81. The van der Waals surface area contributed by atoms with Gasteiger partial charge in [-0.25, -0.2) is 19.9 Å². The van der Waals surface area contributed by atoms with Crippen molar-refractivity contribution in [3.8, 4) is 0 Å². The van der Waals surface area contributed by atoms with Gasteiger partial charge in [0.15, 0.2) is 0 Å². The van der Waals surface area contributed by atoms with E-state index < -0.39 is 23.4 Å². The van der Waals surface area contributed by atoms with Crippen molar-refractivity contribution in [2.45, 2.75) is 0 Å². The van der Waals surface area contributed by atoms with Gasteiger partial charge in [0.05, 0.1) is 57.4 Å². The summed E-state index contributed by atoms with van der Waals surface area (Å²) in [5, 5.41) is 0. The number of nitrogens with one attached hydrogen (secondary N) is 4. The van der Waals surface area contributed by atoms with Crippen molar-refractivity contribution in [3.63, 3.8) is 0 Å². The van der Waals surface area contributed by atoms with E-state index >= 15 is 0 Å². The van der Waals surface area contributed by atoms with E-state index in [1.54, 1.807) is 0 Å². The summed E-state index contributed by atoms with van der Waals surface area (Å²) < 4.78 is 0. The Hall–Kier alpha value is -7.46. The number of H-pyrrole nitrogens is 4. The average Bonchev–Trinajstić information content (AvgIpc) is 4.00. The molecule has 4 aliphatic heterocycles. The first-order valence-corrected chi connectivity index (χ1v) is 17.8. The number of rotatable bonds is 0. The average molecular weight is 699 g/mol. The molecule has 54 heavy (non-hydrogen) atoms. The topological polar surface area (TPSA) is 149 Å². The normalized spacial score (nSPS) is 18.1. The van der Waals surface area contributed by atoms with Crippen LogP contribution in [-0.4, -0.2) is 51.4 Å². The lowest BCUT2D eigenvalue weighted by Crippen LogP contribution is -2.41. The van der Waals surface area contributed by atoms with E-state index in [0.717, 1.165) is 77.8 Å². The van der Waals surface area contributed by atoms with Crippen LogP contribution >= 0.6 is 0 Å². The van der Waals surface area contributed by atoms with Crippen LogP contribution in [0.15, 0.2) is 97.1 Å². The SMILES string of the molecule is O=C1C(=O)C2C3=C(c4cc5nc(cc6ccc(cc7ccc(cc3n4)[nH]7)[nH]6)C=C5)C1C1=C2c2cc3ccc(cc4ccc(cc5nc(cc1n2)C=C5)[nH]4)[nH]3. The Morgan fingerprint density at radius 2 is 0.611 bits per heavy atom. The van der Waals surface area contributed by atoms with Crippen LogP contribution in [0.5, 0.6) is 0 Å². The largest absolute Gasteiger partial charge is 0.355 e. The van der Waals surface area contributed by atoms with Crippen LogP contribution in [0, 0.1) is 11.8 Å². The molecule has 13 rings (SSSR count). The van der Waals surface area contributed by atoms with Gasteiger partial charge in [-0.05, 0) is 144 Å². The van der Waals surface area contributed by atoms with Gasteiger partial charge in [0.1, 0.15) is 0 Å². The summed E-state index contributed by atoms with van der Waals surface area (Å²) in [5.74, 6) is -2.68. The van der Waals surface area contributed by atoms with Crippen LogP contribution < -0.4 is 0 Å². The molecule has 0 spiro atoms. The Bertz CT molecular complexity index is 3030. The molecule has 6 aromatic rings. The highest BCUT2D eigenvalue weighted by atomic mass is 16.2. The lowest BCUT2D eigenvalue weighted by atomic mass is 9.61. The standard InChI is InChI=1S/C44H26N8O2/c53-43-41-37-33-17-29-9-5-25(47-29)13-21-1-2-22(45-21)14-26-6-10-30(48-26)18-34(51-33)38(37)42(44(43)54)40-36-20-32-12-8-28(50-32)16-24-4-3-23(46-24)15-27-7-11-31(49-27)19-35(52-36)39(40)41/h1-20,41-42,45-47,49H. The maximum atomic E-state index is 14.3. The van der Waals surface area contributed by atoms with Crippen LogP contribution in [0.3, 0.4) is 0 Å². The number of Topliss-reactive ketones (excluding diaryl/α,β-unsaturated/α-hetero) is 2. The van der Waals surface area contributed by atoms with Crippen LogP contribution in [-0.2, 0) is 9.59 Å². The maximum Gasteiger partial charge on any atom is 0.211 e. The van der Waals surface area contributed by atoms with Crippen molar-refractivity contribution in [2.24, 2.45) is 11.8 Å². The summed E-state index contributed by atoms with van der Waals surface area (Å²) in [7, 11) is 0. The molecule has 10 nitrogen and oxygen atoms in total. The first-order chi connectivity index (χ1) is 26.5. The second kappa shape index (κ2) is 10.5. The molecular formula is C44H26N8O2. The minimum Gasteiger partial charge on any atom is -0.355 e. The van der Waals surface area contributed by atoms with E-state index in [0.29, 0.717) is 34.2 Å². The minimum absolute atomic E-state index is 0.448. The number of carbonyl (C=O) groups excluding carboxylic acids is 2. The zero-order valence-corrected chi connectivity index (χ0v) is 28.3. The highest BCUT2D eigenvalue weighted by Crippen LogP contribution is 2.60. The van der Waals surface area contributed by atoms with Crippen molar-refractivity contribution in [1.29, 1.82) is 0 Å². The third-order valence-corrected chi connectivity index (χ3v) is 10.8. The van der Waals surface area contributed by atoms with Gasteiger partial charge in [0.25, 0.3) is 0 Å². The first kappa shape index (κ1) is 29.2. The fourth-order valence-electron chi connectivity index (χ4n) is 8.53. The van der Waals surface area contributed by atoms with Crippen molar-refractivity contribution >= 4 is 102 Å². The third kappa shape index (κ3) is 4.40. The number of allylic oxidation sites excluding steroid dienone is 4. The molecule has 18 bridgehead atoms. The molecule has 10 heteroatoms. The fourth-order valence-corrected chi connectivity index (χ4v) is 8.53. The van der Waals surface area contributed by atoms with Crippen LogP contribution in [0.1, 0.15) is 45.6 Å². The van der Waals surface area contributed by atoms with Crippen LogP contribution in [0.25, 0.3) is 90.7 Å². The summed E-state index contributed by atoms with van der Waals surface area (Å²) in [6, 6.07) is 31.9. The predicted octanol–water partition coefficient (Wildman–Crippen LogP) is 8.20. The van der Waals surface area contributed by atoms with Gasteiger partial charge in [-0.3, -0.25) is 9.59 Å². The van der Waals surface area contributed by atoms with Gasteiger partial charge in [-0.15, -0.1) is 0 Å². The maximum absolute atomic E-state index is 14.3. The molecule has 254 valence electrons. The summed E-state index contributed by atoms with van der Waals surface area (Å²) in [4.78, 5) is 62.6. The number of nitrogens with zero attached hydrogens (tertiary/aromatic N) is 4. The second-order valence-electron chi connectivity index (χ2n) is 14.2. The molecule has 7 aliphatic rings. The Kier molecular flexibility index (Phi) is 5.70. The molecule has 3 aliphatic carbocycles. The molecule has 0 fully saturated rings. The number of carbonyl (C=O) groups is 2. The number of fused-ring (bicyclic) bond motifs is 17. The lowest BCUT2D eigenvalue weighted by Gasteiger charge is -2.36. The van der Waals surface area contributed by atoms with Crippen LogP contribution in [0.4, 0.5) is 0 Å². The van der Waals surface area contributed by atoms with Gasteiger partial charge in [0.2, 0.25) is 11.6 Å². The van der Waals surface area contributed by atoms with E-state index in [1.165, 1.54) is 0 Å². The molecule has 0 radical (unpaired) electrons. The molecule has 0 aromatic carbocycles. The van der Waals surface area contributed by atoms with Crippen molar-refractivity contribution < 1.29 is 9.59 Å². The number of hydrogen-bond acceptors (Lipinski definition) is 6. The fraction of sp³-hybridized carbons (Fsp3) is 0.0455. The van der Waals surface area contributed by atoms with Crippen molar-refractivity contribution in [1.82, 2.24) is 39.9 Å². The molecule has 0 unspecified atom stereocenters. The number of hydrogen-bond donors (Lipinski definition) is 4. The molecule has 4 N–H and O–H groups in total. The molecule has 6 aromatic heterocycles. The molecule has 0 saturated carbocycles. The van der Waals surface area contributed by atoms with E-state index in [4.69, 9.17) is 19.9 Å². The molecular weight excluding hydrogens is 673 g/mol. The van der Waals surface area contributed by atoms with E-state index in [9.17, 15) is 9.59 Å². The van der Waals surface area contributed by atoms with Gasteiger partial charge in [-0.2, -0.15) is 0 Å². The Morgan fingerprint density at radius 1 is 0.333 bits per heavy atom. The first-order valence-electron chi connectivity index (χ1n) is 17.8. The van der Waals surface area contributed by atoms with Gasteiger partial charge >= 0.3 is 0 Å². The smallest absolute Gasteiger partial charge is 0.211 e. The quantitative estimate of drug-likeness (QED) is 0.117. The predicted molar refractivity (Wildman–Crippen MR) is 210 cm³/mol. The van der Waals surface area contributed by atoms with Crippen molar-refractivity contribution in [3.05, 3.63) is 143 Å². The zero-order chi connectivity index (χ0) is 35.7. The summed E-state index contributed by atoms with van der Waals surface area (Å²) in [6.45, 7) is 0. The van der Waals surface area contributed by atoms with Gasteiger partial charge < -0.3 is 19.9 Å².